The quantitative estimate of drug-likeness (QED) is 0.792. The third-order valence-electron chi connectivity index (χ3n) is 2.64. The zero-order valence-corrected chi connectivity index (χ0v) is 10.7. The van der Waals surface area contributed by atoms with Gasteiger partial charge >= 0.3 is 0 Å². The van der Waals surface area contributed by atoms with E-state index in [1.54, 1.807) is 32.2 Å². The van der Waals surface area contributed by atoms with Crippen LogP contribution in [0.5, 0.6) is 11.5 Å². The average Bonchev–Trinajstić information content (AvgIpc) is 2.35. The summed E-state index contributed by atoms with van der Waals surface area (Å²) in [7, 11) is 1.59. The van der Waals surface area contributed by atoms with Crippen LogP contribution in [0.3, 0.4) is 0 Å². The zero-order chi connectivity index (χ0) is 12.9. The number of hydrogen-bond donors (Lipinski definition) is 2. The maximum Gasteiger partial charge on any atom is 0.161 e. The largest absolute Gasteiger partial charge is 0.493 e. The number of methoxy groups -OCH3 is 1. The first-order chi connectivity index (χ1) is 8.05. The molecule has 0 heterocycles. The molecule has 0 spiro atoms. The predicted octanol–water partition coefficient (Wildman–Crippen LogP) is 1.65. The molecule has 96 valence electrons. The Bertz CT molecular complexity index is 364. The maximum absolute atomic E-state index is 10.1. The van der Waals surface area contributed by atoms with Gasteiger partial charge in [0.15, 0.2) is 11.5 Å². The van der Waals surface area contributed by atoms with Crippen molar-refractivity contribution < 1.29 is 14.6 Å². The first kappa shape index (κ1) is 13.8. The molecule has 0 radical (unpaired) electrons. The molecule has 1 aromatic rings. The highest BCUT2D eigenvalue weighted by Crippen LogP contribution is 2.32. The number of nitrogens with two attached hydrogens (primary N) is 1. The van der Waals surface area contributed by atoms with E-state index >= 15 is 0 Å². The zero-order valence-electron chi connectivity index (χ0n) is 10.7. The monoisotopic (exact) mass is 239 g/mol. The van der Waals surface area contributed by atoms with Crippen LogP contribution in [0.2, 0.25) is 0 Å². The van der Waals surface area contributed by atoms with Crippen molar-refractivity contribution in [2.75, 3.05) is 20.3 Å². The third-order valence-corrected chi connectivity index (χ3v) is 2.64. The number of hydrogen-bond acceptors (Lipinski definition) is 4. The molecule has 0 unspecified atom stereocenters. The Hall–Kier alpha value is -1.26. The van der Waals surface area contributed by atoms with Gasteiger partial charge in [-0.3, -0.25) is 0 Å². The van der Waals surface area contributed by atoms with E-state index < -0.39 is 5.60 Å². The van der Waals surface area contributed by atoms with Crippen molar-refractivity contribution in [3.05, 3.63) is 23.8 Å². The van der Waals surface area contributed by atoms with Crippen molar-refractivity contribution in [3.63, 3.8) is 0 Å². The third kappa shape index (κ3) is 3.35. The van der Waals surface area contributed by atoms with Gasteiger partial charge in [-0.1, -0.05) is 13.0 Å². The van der Waals surface area contributed by atoms with Gasteiger partial charge in [-0.25, -0.2) is 0 Å². The Morgan fingerprint density at radius 3 is 2.59 bits per heavy atom. The summed E-state index contributed by atoms with van der Waals surface area (Å²) >= 11 is 0. The van der Waals surface area contributed by atoms with Crippen molar-refractivity contribution in [1.82, 2.24) is 0 Å². The van der Waals surface area contributed by atoms with Gasteiger partial charge in [-0.2, -0.15) is 0 Å². The molecule has 0 saturated heterocycles. The predicted molar refractivity (Wildman–Crippen MR) is 67.4 cm³/mol. The van der Waals surface area contributed by atoms with Gasteiger partial charge in [-0.15, -0.1) is 0 Å². The van der Waals surface area contributed by atoms with Gasteiger partial charge in [-0.05, 0) is 31.0 Å². The van der Waals surface area contributed by atoms with Crippen LogP contribution in [-0.4, -0.2) is 25.4 Å². The van der Waals surface area contributed by atoms with Gasteiger partial charge in [0.05, 0.1) is 19.3 Å². The second kappa shape index (κ2) is 5.89. The van der Waals surface area contributed by atoms with Gasteiger partial charge in [0.25, 0.3) is 0 Å². The fraction of sp³-hybridized carbons (Fsp3) is 0.538. The van der Waals surface area contributed by atoms with E-state index in [4.69, 9.17) is 15.2 Å². The molecule has 0 aliphatic heterocycles. The molecular weight excluding hydrogens is 218 g/mol. The number of rotatable bonds is 6. The lowest BCUT2D eigenvalue weighted by Crippen LogP contribution is -2.31. The first-order valence-corrected chi connectivity index (χ1v) is 5.79. The minimum atomic E-state index is -1.05. The van der Waals surface area contributed by atoms with Crippen LogP contribution in [-0.2, 0) is 5.60 Å². The van der Waals surface area contributed by atoms with Crippen molar-refractivity contribution in [1.29, 1.82) is 0 Å². The van der Waals surface area contributed by atoms with Crippen LogP contribution in [0.4, 0.5) is 0 Å². The smallest absolute Gasteiger partial charge is 0.161 e. The highest BCUT2D eigenvalue weighted by atomic mass is 16.5. The van der Waals surface area contributed by atoms with E-state index in [1.165, 1.54) is 0 Å². The van der Waals surface area contributed by atoms with Crippen LogP contribution in [0.1, 0.15) is 25.8 Å². The molecule has 4 heteroatoms. The lowest BCUT2D eigenvalue weighted by Gasteiger charge is -2.23. The molecule has 0 aliphatic carbocycles. The summed E-state index contributed by atoms with van der Waals surface area (Å²) in [6.45, 7) is 4.49. The molecular formula is C13H21NO3. The van der Waals surface area contributed by atoms with Gasteiger partial charge in [0.1, 0.15) is 0 Å². The minimum Gasteiger partial charge on any atom is -0.493 e. The summed E-state index contributed by atoms with van der Waals surface area (Å²) in [5, 5.41) is 10.1. The lowest BCUT2D eigenvalue weighted by atomic mass is 9.96. The number of ether oxygens (including phenoxy) is 2. The van der Waals surface area contributed by atoms with Gasteiger partial charge in [0.2, 0.25) is 0 Å². The SMILES string of the molecule is CCCOc1cc([C@](C)(O)CN)ccc1OC. The Kier molecular flexibility index (Phi) is 4.78. The number of benzene rings is 1. The Morgan fingerprint density at radius 1 is 1.35 bits per heavy atom. The molecule has 0 aliphatic rings. The van der Waals surface area contributed by atoms with Crippen LogP contribution < -0.4 is 15.2 Å². The summed E-state index contributed by atoms with van der Waals surface area (Å²) in [5.74, 6) is 1.30. The maximum atomic E-state index is 10.1. The van der Waals surface area contributed by atoms with Crippen molar-refractivity contribution in [3.8, 4) is 11.5 Å². The molecule has 1 rings (SSSR count). The van der Waals surface area contributed by atoms with E-state index in [0.717, 1.165) is 12.0 Å². The Balaban J connectivity index is 3.04. The highest BCUT2D eigenvalue weighted by molar-refractivity contribution is 5.44. The molecule has 0 amide bonds. The Morgan fingerprint density at radius 2 is 2.06 bits per heavy atom. The molecule has 0 saturated carbocycles. The van der Waals surface area contributed by atoms with E-state index in [1.807, 2.05) is 6.92 Å². The molecule has 17 heavy (non-hydrogen) atoms. The second-order valence-electron chi connectivity index (χ2n) is 4.19. The van der Waals surface area contributed by atoms with Gasteiger partial charge in [0, 0.05) is 6.54 Å². The summed E-state index contributed by atoms with van der Waals surface area (Å²) in [4.78, 5) is 0. The van der Waals surface area contributed by atoms with Gasteiger partial charge < -0.3 is 20.3 Å². The Labute approximate surface area is 102 Å². The second-order valence-corrected chi connectivity index (χ2v) is 4.19. The van der Waals surface area contributed by atoms with Crippen molar-refractivity contribution in [2.45, 2.75) is 25.9 Å². The van der Waals surface area contributed by atoms with Crippen molar-refractivity contribution >= 4 is 0 Å². The van der Waals surface area contributed by atoms with Crippen LogP contribution >= 0.6 is 0 Å². The van der Waals surface area contributed by atoms with E-state index in [9.17, 15) is 5.11 Å². The van der Waals surface area contributed by atoms with E-state index in [2.05, 4.69) is 0 Å². The van der Waals surface area contributed by atoms with Crippen LogP contribution in [0.25, 0.3) is 0 Å². The molecule has 0 fully saturated rings. The molecule has 0 aromatic heterocycles. The first-order valence-electron chi connectivity index (χ1n) is 5.79. The van der Waals surface area contributed by atoms with E-state index in [0.29, 0.717) is 18.1 Å². The average molecular weight is 239 g/mol. The lowest BCUT2D eigenvalue weighted by molar-refractivity contribution is 0.0664. The summed E-state index contributed by atoms with van der Waals surface area (Å²) in [6.07, 6.45) is 0.917. The fourth-order valence-electron chi connectivity index (χ4n) is 1.45. The molecule has 0 bridgehead atoms. The number of aliphatic hydroxyl groups is 1. The topological polar surface area (TPSA) is 64.7 Å². The van der Waals surface area contributed by atoms with Crippen molar-refractivity contribution in [2.24, 2.45) is 5.73 Å². The summed E-state index contributed by atoms with van der Waals surface area (Å²) < 4.78 is 10.8. The summed E-state index contributed by atoms with van der Waals surface area (Å²) in [5.41, 5.74) is 5.22. The standard InChI is InChI=1S/C13H21NO3/c1-4-7-17-12-8-10(13(2,15)9-14)5-6-11(12)16-3/h5-6,8,15H,4,7,9,14H2,1-3H3/t13-/m1/s1. The molecule has 3 N–H and O–H groups in total. The van der Waals surface area contributed by atoms with Crippen LogP contribution in [0, 0.1) is 0 Å². The minimum absolute atomic E-state index is 0.159. The molecule has 1 aromatic carbocycles. The molecule has 4 nitrogen and oxygen atoms in total. The van der Waals surface area contributed by atoms with Crippen LogP contribution in [0.15, 0.2) is 18.2 Å². The highest BCUT2D eigenvalue weighted by Gasteiger charge is 2.22. The normalized spacial score (nSPS) is 14.2. The fourth-order valence-corrected chi connectivity index (χ4v) is 1.45. The summed E-state index contributed by atoms with van der Waals surface area (Å²) in [6, 6.07) is 5.36. The molecule has 1 atom stereocenters. The van der Waals surface area contributed by atoms with E-state index in [-0.39, 0.29) is 6.54 Å².